The molecule has 0 saturated heterocycles. The second-order valence-electron chi connectivity index (χ2n) is 5.73. The molecule has 1 fully saturated rings. The lowest BCUT2D eigenvalue weighted by atomic mass is 9.76. The van der Waals surface area contributed by atoms with Crippen molar-refractivity contribution in [2.45, 2.75) is 51.4 Å². The predicted octanol–water partition coefficient (Wildman–Crippen LogP) is 4.37. The van der Waals surface area contributed by atoms with E-state index in [-0.39, 0.29) is 0 Å². The topological polar surface area (TPSA) is 0 Å². The molecule has 0 nitrogen and oxygen atoms in total. The van der Waals surface area contributed by atoms with E-state index < -0.39 is 0 Å². The van der Waals surface area contributed by atoms with Crippen LogP contribution < -0.4 is 0 Å². The summed E-state index contributed by atoms with van der Waals surface area (Å²) in [6, 6.07) is 9.13. The fourth-order valence-electron chi connectivity index (χ4n) is 3.57. The van der Waals surface area contributed by atoms with Crippen molar-refractivity contribution in [3.05, 3.63) is 35.4 Å². The van der Waals surface area contributed by atoms with Crippen molar-refractivity contribution in [3.63, 3.8) is 0 Å². The first-order valence-electron chi connectivity index (χ1n) is 6.98. The molecule has 0 heteroatoms. The van der Waals surface area contributed by atoms with Gasteiger partial charge in [-0.15, -0.1) is 0 Å². The lowest BCUT2D eigenvalue weighted by Crippen LogP contribution is -2.17. The van der Waals surface area contributed by atoms with Crippen molar-refractivity contribution in [1.82, 2.24) is 0 Å². The van der Waals surface area contributed by atoms with Crippen molar-refractivity contribution in [2.24, 2.45) is 11.8 Å². The minimum Gasteiger partial charge on any atom is -0.0620 e. The molecular formula is C16H22. The molecule has 3 aliphatic carbocycles. The monoisotopic (exact) mass is 214 g/mol. The van der Waals surface area contributed by atoms with Crippen molar-refractivity contribution < 1.29 is 0 Å². The average molecular weight is 214 g/mol. The molecule has 0 N–H and O–H groups in total. The zero-order chi connectivity index (χ0) is 10.8. The van der Waals surface area contributed by atoms with Crippen LogP contribution in [0.15, 0.2) is 24.3 Å². The van der Waals surface area contributed by atoms with E-state index in [0.717, 1.165) is 11.8 Å². The molecule has 0 spiro atoms. The first-order chi connectivity index (χ1) is 7.92. The van der Waals surface area contributed by atoms with Gasteiger partial charge in [-0.1, -0.05) is 49.9 Å². The third kappa shape index (κ3) is 2.16. The lowest BCUT2D eigenvalue weighted by Gasteiger charge is -2.30. The zero-order valence-corrected chi connectivity index (χ0v) is 10.1. The van der Waals surface area contributed by atoms with Gasteiger partial charge in [-0.2, -0.15) is 0 Å². The van der Waals surface area contributed by atoms with Crippen LogP contribution in [-0.4, -0.2) is 0 Å². The Labute approximate surface area is 99.1 Å². The van der Waals surface area contributed by atoms with Gasteiger partial charge in [0.05, 0.1) is 0 Å². The van der Waals surface area contributed by atoms with E-state index in [1.807, 2.05) is 0 Å². The van der Waals surface area contributed by atoms with E-state index in [0.29, 0.717) is 0 Å². The maximum Gasteiger partial charge on any atom is -0.0274 e. The fourth-order valence-corrected chi connectivity index (χ4v) is 3.57. The van der Waals surface area contributed by atoms with Crippen molar-refractivity contribution in [3.8, 4) is 0 Å². The Kier molecular flexibility index (Phi) is 2.99. The number of rotatable bonds is 0. The van der Waals surface area contributed by atoms with E-state index in [1.54, 1.807) is 11.1 Å². The summed E-state index contributed by atoms with van der Waals surface area (Å²) in [4.78, 5) is 0. The van der Waals surface area contributed by atoms with Gasteiger partial charge in [0.25, 0.3) is 0 Å². The molecule has 4 rings (SSSR count). The molecule has 0 unspecified atom stereocenters. The van der Waals surface area contributed by atoms with Gasteiger partial charge in [-0.25, -0.2) is 0 Å². The summed E-state index contributed by atoms with van der Waals surface area (Å²) >= 11 is 0. The molecule has 0 aliphatic heterocycles. The molecule has 16 heavy (non-hydrogen) atoms. The average Bonchev–Trinajstić information content (AvgIpc) is 2.37. The van der Waals surface area contributed by atoms with Gasteiger partial charge < -0.3 is 0 Å². The van der Waals surface area contributed by atoms with Gasteiger partial charge >= 0.3 is 0 Å². The number of hydrogen-bond donors (Lipinski definition) is 0. The Hall–Kier alpha value is -0.780. The van der Waals surface area contributed by atoms with Crippen molar-refractivity contribution in [1.29, 1.82) is 0 Å². The number of hydrogen-bond acceptors (Lipinski definition) is 0. The molecule has 1 aromatic carbocycles. The Morgan fingerprint density at radius 3 is 1.50 bits per heavy atom. The number of fused-ring (bicyclic) bond motifs is 4. The molecule has 0 aromatic heterocycles. The molecule has 0 heterocycles. The summed E-state index contributed by atoms with van der Waals surface area (Å²) in [6.45, 7) is 0. The smallest absolute Gasteiger partial charge is 0.0274 e. The molecule has 2 bridgehead atoms. The Balaban J connectivity index is 1.83. The summed E-state index contributed by atoms with van der Waals surface area (Å²) in [5, 5.41) is 0. The van der Waals surface area contributed by atoms with Crippen LogP contribution in [0.1, 0.15) is 49.7 Å². The largest absolute Gasteiger partial charge is 0.0620 e. The molecule has 1 saturated carbocycles. The zero-order valence-electron chi connectivity index (χ0n) is 10.1. The highest BCUT2D eigenvalue weighted by molar-refractivity contribution is 5.27. The number of benzene rings is 1. The first kappa shape index (κ1) is 10.4. The van der Waals surface area contributed by atoms with E-state index in [9.17, 15) is 0 Å². The van der Waals surface area contributed by atoms with Gasteiger partial charge in [-0.3, -0.25) is 0 Å². The molecule has 3 aliphatic rings. The third-order valence-electron chi connectivity index (χ3n) is 4.73. The van der Waals surface area contributed by atoms with Crippen LogP contribution in [0.4, 0.5) is 0 Å². The summed E-state index contributed by atoms with van der Waals surface area (Å²) in [5.74, 6) is 2.06. The van der Waals surface area contributed by atoms with Crippen LogP contribution in [0, 0.1) is 11.8 Å². The van der Waals surface area contributed by atoms with Crippen LogP contribution in [0.25, 0.3) is 0 Å². The second kappa shape index (κ2) is 4.61. The molecule has 86 valence electrons. The Morgan fingerprint density at radius 2 is 1.06 bits per heavy atom. The summed E-state index contributed by atoms with van der Waals surface area (Å²) in [7, 11) is 0. The highest BCUT2D eigenvalue weighted by Crippen LogP contribution is 2.35. The first-order valence-corrected chi connectivity index (χ1v) is 6.98. The lowest BCUT2D eigenvalue weighted by molar-refractivity contribution is 0.250. The summed E-state index contributed by atoms with van der Waals surface area (Å²) in [6.07, 6.45) is 11.5. The SMILES string of the molecule is c1ccc2c(c1)CCC1CCC(CC2)CC1. The minimum atomic E-state index is 1.03. The minimum absolute atomic E-state index is 1.03. The van der Waals surface area contributed by atoms with E-state index in [1.165, 1.54) is 51.4 Å². The van der Waals surface area contributed by atoms with Crippen LogP contribution in [-0.2, 0) is 12.8 Å². The van der Waals surface area contributed by atoms with Crippen LogP contribution in [0.2, 0.25) is 0 Å². The van der Waals surface area contributed by atoms with Gasteiger partial charge in [0.2, 0.25) is 0 Å². The fraction of sp³-hybridized carbons (Fsp3) is 0.625. The summed E-state index contributed by atoms with van der Waals surface area (Å²) in [5.41, 5.74) is 3.27. The maximum atomic E-state index is 2.35. The van der Waals surface area contributed by atoms with E-state index in [2.05, 4.69) is 24.3 Å². The second-order valence-corrected chi connectivity index (χ2v) is 5.73. The standard InChI is InChI=1S/C16H22/c1-2-4-16-12-10-14-7-5-13(6-8-14)9-11-15(16)3-1/h1-4,13-14H,5-12H2. The molecule has 0 amide bonds. The van der Waals surface area contributed by atoms with Gasteiger partial charge in [0, 0.05) is 0 Å². The molecule has 1 aromatic rings. The van der Waals surface area contributed by atoms with Crippen LogP contribution >= 0.6 is 0 Å². The maximum absolute atomic E-state index is 2.35. The van der Waals surface area contributed by atoms with Crippen LogP contribution in [0.3, 0.4) is 0 Å². The van der Waals surface area contributed by atoms with Crippen LogP contribution in [0.5, 0.6) is 0 Å². The molecular weight excluding hydrogens is 192 g/mol. The predicted molar refractivity (Wildman–Crippen MR) is 68.5 cm³/mol. The van der Waals surface area contributed by atoms with Crippen molar-refractivity contribution >= 4 is 0 Å². The van der Waals surface area contributed by atoms with Gasteiger partial charge in [0.1, 0.15) is 0 Å². The van der Waals surface area contributed by atoms with Gasteiger partial charge in [0.15, 0.2) is 0 Å². The molecule has 0 radical (unpaired) electrons. The van der Waals surface area contributed by atoms with E-state index >= 15 is 0 Å². The quantitative estimate of drug-likeness (QED) is 0.601. The highest BCUT2D eigenvalue weighted by atomic mass is 14.3. The summed E-state index contributed by atoms with van der Waals surface area (Å²) < 4.78 is 0. The molecule has 0 atom stereocenters. The Morgan fingerprint density at radius 1 is 0.625 bits per heavy atom. The van der Waals surface area contributed by atoms with Gasteiger partial charge in [-0.05, 0) is 48.6 Å². The highest BCUT2D eigenvalue weighted by Gasteiger charge is 2.22. The van der Waals surface area contributed by atoms with E-state index in [4.69, 9.17) is 0 Å². The van der Waals surface area contributed by atoms with Crippen molar-refractivity contribution in [2.75, 3.05) is 0 Å². The third-order valence-corrected chi connectivity index (χ3v) is 4.73. The normalized spacial score (nSPS) is 29.8. The number of aryl methyl sites for hydroxylation is 2. The Bertz CT molecular complexity index is 310.